The van der Waals surface area contributed by atoms with Crippen molar-refractivity contribution in [2.24, 2.45) is 11.8 Å². The highest BCUT2D eigenvalue weighted by molar-refractivity contribution is 7.99. The van der Waals surface area contributed by atoms with Gasteiger partial charge in [0.05, 0.1) is 12.6 Å². The fraction of sp³-hybridized carbons (Fsp3) is 0.538. The van der Waals surface area contributed by atoms with Crippen molar-refractivity contribution in [3.05, 3.63) is 29.8 Å². The van der Waals surface area contributed by atoms with Crippen LogP contribution in [0.25, 0.3) is 0 Å². The van der Waals surface area contributed by atoms with Crippen molar-refractivity contribution in [3.63, 3.8) is 0 Å². The van der Waals surface area contributed by atoms with Crippen molar-refractivity contribution in [2.75, 3.05) is 19.0 Å². The van der Waals surface area contributed by atoms with Crippen LogP contribution in [-0.2, 0) is 4.74 Å². The zero-order valence-electron chi connectivity index (χ0n) is 10.2. The fourth-order valence-electron chi connectivity index (χ4n) is 2.26. The molecule has 0 spiro atoms. The lowest BCUT2D eigenvalue weighted by Crippen LogP contribution is -2.33. The molecule has 0 aromatic heterocycles. The quantitative estimate of drug-likeness (QED) is 0.480. The van der Waals surface area contributed by atoms with E-state index in [-0.39, 0.29) is 6.04 Å². The number of nitrogens with two attached hydrogens (primary N) is 1. The summed E-state index contributed by atoms with van der Waals surface area (Å²) in [5.41, 5.74) is 4.18. The van der Waals surface area contributed by atoms with Gasteiger partial charge in [-0.25, -0.2) is 0 Å². The van der Waals surface area contributed by atoms with E-state index in [9.17, 15) is 0 Å². The average Bonchev–Trinajstić information content (AvgIpc) is 2.86. The standard InChI is InChI=1S/C13H20N2OS/c1-2-17-12-5-3-10(4-6-12)13(15-14)11-7-8-16-9-11/h3-6,11,13,15H,2,7-9,14H2,1H3. The summed E-state index contributed by atoms with van der Waals surface area (Å²) in [5, 5.41) is 0. The molecule has 4 heteroatoms. The minimum absolute atomic E-state index is 0.207. The van der Waals surface area contributed by atoms with Crippen LogP contribution in [0.1, 0.15) is 24.9 Å². The third kappa shape index (κ3) is 3.22. The van der Waals surface area contributed by atoms with E-state index in [1.807, 2.05) is 11.8 Å². The van der Waals surface area contributed by atoms with Gasteiger partial charge < -0.3 is 4.74 Å². The number of rotatable bonds is 5. The summed E-state index contributed by atoms with van der Waals surface area (Å²) in [4.78, 5) is 1.31. The Balaban J connectivity index is 2.07. The number of hydrazine groups is 1. The molecule has 1 aromatic rings. The van der Waals surface area contributed by atoms with Crippen LogP contribution in [0.4, 0.5) is 0 Å². The third-order valence-electron chi connectivity index (χ3n) is 3.17. The van der Waals surface area contributed by atoms with Crippen molar-refractivity contribution in [3.8, 4) is 0 Å². The molecule has 2 unspecified atom stereocenters. The Hall–Kier alpha value is -0.550. The predicted octanol–water partition coefficient (Wildman–Crippen LogP) is 2.34. The normalized spacial score (nSPS) is 21.6. The van der Waals surface area contributed by atoms with E-state index in [0.717, 1.165) is 25.4 Å². The molecular formula is C13H20N2OS. The van der Waals surface area contributed by atoms with Gasteiger partial charge in [-0.2, -0.15) is 0 Å². The summed E-state index contributed by atoms with van der Waals surface area (Å²) in [7, 11) is 0. The van der Waals surface area contributed by atoms with Gasteiger partial charge in [0.15, 0.2) is 0 Å². The zero-order chi connectivity index (χ0) is 12.1. The second-order valence-corrected chi connectivity index (χ2v) is 5.61. The van der Waals surface area contributed by atoms with Gasteiger partial charge >= 0.3 is 0 Å². The van der Waals surface area contributed by atoms with E-state index < -0.39 is 0 Å². The molecular weight excluding hydrogens is 232 g/mol. The number of ether oxygens (including phenoxy) is 1. The lowest BCUT2D eigenvalue weighted by atomic mass is 9.93. The van der Waals surface area contributed by atoms with Crippen LogP contribution in [0, 0.1) is 5.92 Å². The molecule has 94 valence electrons. The van der Waals surface area contributed by atoms with E-state index in [2.05, 4.69) is 36.6 Å². The molecule has 1 fully saturated rings. The SMILES string of the molecule is CCSc1ccc(C(NN)C2CCOC2)cc1. The lowest BCUT2D eigenvalue weighted by molar-refractivity contribution is 0.177. The molecule has 1 heterocycles. The van der Waals surface area contributed by atoms with E-state index in [4.69, 9.17) is 10.6 Å². The number of nitrogens with one attached hydrogen (secondary N) is 1. The lowest BCUT2D eigenvalue weighted by Gasteiger charge is -2.22. The van der Waals surface area contributed by atoms with Crippen LogP contribution < -0.4 is 11.3 Å². The number of benzene rings is 1. The molecule has 1 aliphatic heterocycles. The van der Waals surface area contributed by atoms with E-state index in [1.54, 1.807) is 0 Å². The number of hydrogen-bond donors (Lipinski definition) is 2. The smallest absolute Gasteiger partial charge is 0.0513 e. The Bertz CT molecular complexity index is 336. The molecule has 0 radical (unpaired) electrons. The summed E-state index contributed by atoms with van der Waals surface area (Å²) >= 11 is 1.86. The highest BCUT2D eigenvalue weighted by atomic mass is 32.2. The molecule has 0 amide bonds. The Morgan fingerprint density at radius 2 is 2.24 bits per heavy atom. The monoisotopic (exact) mass is 252 g/mol. The van der Waals surface area contributed by atoms with Gasteiger partial charge in [-0.1, -0.05) is 19.1 Å². The molecule has 3 N–H and O–H groups in total. The highest BCUT2D eigenvalue weighted by Gasteiger charge is 2.25. The molecule has 1 aliphatic rings. The second-order valence-electron chi connectivity index (χ2n) is 4.27. The number of thioether (sulfide) groups is 1. The minimum Gasteiger partial charge on any atom is -0.381 e. The van der Waals surface area contributed by atoms with Gasteiger partial charge in [0, 0.05) is 17.4 Å². The zero-order valence-corrected chi connectivity index (χ0v) is 11.0. The van der Waals surface area contributed by atoms with Crippen molar-refractivity contribution in [1.29, 1.82) is 0 Å². The Kier molecular flexibility index (Phi) is 4.86. The maximum absolute atomic E-state index is 5.67. The summed E-state index contributed by atoms with van der Waals surface area (Å²) in [5.74, 6) is 7.27. The second kappa shape index (κ2) is 6.40. The fourth-order valence-corrected chi connectivity index (χ4v) is 2.92. The maximum atomic E-state index is 5.67. The minimum atomic E-state index is 0.207. The maximum Gasteiger partial charge on any atom is 0.0513 e. The first-order valence-corrected chi connectivity index (χ1v) is 7.10. The largest absolute Gasteiger partial charge is 0.381 e. The van der Waals surface area contributed by atoms with Crippen molar-refractivity contribution in [1.82, 2.24) is 5.43 Å². The van der Waals surface area contributed by atoms with Crippen molar-refractivity contribution < 1.29 is 4.74 Å². The molecule has 2 rings (SSSR count). The Morgan fingerprint density at radius 3 is 2.76 bits per heavy atom. The molecule has 1 aromatic carbocycles. The molecule has 1 saturated heterocycles. The first kappa shape index (κ1) is 12.9. The van der Waals surface area contributed by atoms with Crippen LogP contribution in [0.15, 0.2) is 29.2 Å². The van der Waals surface area contributed by atoms with Crippen LogP contribution >= 0.6 is 11.8 Å². The van der Waals surface area contributed by atoms with Gasteiger partial charge in [0.2, 0.25) is 0 Å². The van der Waals surface area contributed by atoms with Crippen LogP contribution in [0.3, 0.4) is 0 Å². The van der Waals surface area contributed by atoms with Crippen LogP contribution in [0.2, 0.25) is 0 Å². The van der Waals surface area contributed by atoms with Crippen LogP contribution in [0.5, 0.6) is 0 Å². The first-order chi connectivity index (χ1) is 8.35. The van der Waals surface area contributed by atoms with Gasteiger partial charge in [0.1, 0.15) is 0 Å². The van der Waals surface area contributed by atoms with Crippen molar-refractivity contribution in [2.45, 2.75) is 24.3 Å². The average molecular weight is 252 g/mol. The van der Waals surface area contributed by atoms with Gasteiger partial charge in [-0.15, -0.1) is 11.8 Å². The molecule has 17 heavy (non-hydrogen) atoms. The van der Waals surface area contributed by atoms with Crippen LogP contribution in [-0.4, -0.2) is 19.0 Å². The summed E-state index contributed by atoms with van der Waals surface area (Å²) < 4.78 is 5.42. The summed E-state index contributed by atoms with van der Waals surface area (Å²) in [6, 6.07) is 8.88. The van der Waals surface area contributed by atoms with Gasteiger partial charge in [0.25, 0.3) is 0 Å². The van der Waals surface area contributed by atoms with Gasteiger partial charge in [-0.05, 0) is 29.9 Å². The summed E-state index contributed by atoms with van der Waals surface area (Å²) in [6.45, 7) is 3.83. The van der Waals surface area contributed by atoms with E-state index in [1.165, 1.54) is 10.5 Å². The molecule has 0 saturated carbocycles. The Morgan fingerprint density at radius 1 is 1.47 bits per heavy atom. The molecule has 0 aliphatic carbocycles. The first-order valence-electron chi connectivity index (χ1n) is 6.11. The Labute approximate surface area is 107 Å². The van der Waals surface area contributed by atoms with E-state index >= 15 is 0 Å². The van der Waals surface area contributed by atoms with E-state index in [0.29, 0.717) is 5.92 Å². The predicted molar refractivity (Wildman–Crippen MR) is 71.8 cm³/mol. The van der Waals surface area contributed by atoms with Crippen molar-refractivity contribution >= 4 is 11.8 Å². The summed E-state index contributed by atoms with van der Waals surface area (Å²) in [6.07, 6.45) is 1.08. The molecule has 2 atom stereocenters. The third-order valence-corrected chi connectivity index (χ3v) is 4.06. The highest BCUT2D eigenvalue weighted by Crippen LogP contribution is 2.29. The van der Waals surface area contributed by atoms with Gasteiger partial charge in [-0.3, -0.25) is 11.3 Å². The molecule has 3 nitrogen and oxygen atoms in total. The number of hydrogen-bond acceptors (Lipinski definition) is 4. The topological polar surface area (TPSA) is 47.3 Å². The molecule has 0 bridgehead atoms.